The van der Waals surface area contributed by atoms with Gasteiger partial charge in [0.25, 0.3) is 0 Å². The van der Waals surface area contributed by atoms with Crippen molar-refractivity contribution < 1.29 is 9.18 Å². The Kier molecular flexibility index (Phi) is 4.47. The number of urea groups is 1. The first-order valence-corrected chi connectivity index (χ1v) is 8.60. The third kappa shape index (κ3) is 3.49. The van der Waals surface area contributed by atoms with Crippen LogP contribution < -0.4 is 10.6 Å². The summed E-state index contributed by atoms with van der Waals surface area (Å²) in [6, 6.07) is 5.13. The highest BCUT2D eigenvalue weighted by molar-refractivity contribution is 5.90. The van der Waals surface area contributed by atoms with Crippen molar-refractivity contribution in [2.45, 2.75) is 25.3 Å². The number of hydrogen-bond donors (Lipinski definition) is 3. The lowest BCUT2D eigenvalue weighted by Crippen LogP contribution is -2.36. The number of hydrogen-bond acceptors (Lipinski definition) is 4. The average molecular weight is 354 g/mol. The lowest BCUT2D eigenvalue weighted by Gasteiger charge is -2.13. The van der Waals surface area contributed by atoms with Gasteiger partial charge in [-0.3, -0.25) is 19.8 Å². The van der Waals surface area contributed by atoms with Crippen molar-refractivity contribution in [1.82, 2.24) is 25.5 Å². The van der Waals surface area contributed by atoms with Crippen molar-refractivity contribution in [2.75, 3.05) is 12.0 Å². The minimum atomic E-state index is -0.321. The van der Waals surface area contributed by atoms with Crippen LogP contribution in [-0.2, 0) is 0 Å². The molecule has 1 fully saturated rings. The summed E-state index contributed by atoms with van der Waals surface area (Å²) in [5, 5.41) is 12.3. The zero-order valence-corrected chi connectivity index (χ0v) is 14.1. The van der Waals surface area contributed by atoms with Crippen LogP contribution in [0.15, 0.2) is 36.8 Å². The second-order valence-electron chi connectivity index (χ2n) is 6.57. The van der Waals surface area contributed by atoms with E-state index >= 15 is 0 Å². The molecular formula is C18H19FN6O. The van der Waals surface area contributed by atoms with Crippen molar-refractivity contribution in [3.05, 3.63) is 36.8 Å². The van der Waals surface area contributed by atoms with Crippen LogP contribution in [0.4, 0.5) is 15.0 Å². The highest BCUT2D eigenvalue weighted by Crippen LogP contribution is 2.26. The number of aromatic nitrogens is 4. The zero-order valence-electron chi connectivity index (χ0n) is 14.1. The van der Waals surface area contributed by atoms with Gasteiger partial charge >= 0.3 is 6.03 Å². The Hall–Kier alpha value is -3.03. The first-order chi connectivity index (χ1) is 12.7. The van der Waals surface area contributed by atoms with Crippen molar-refractivity contribution in [3.63, 3.8) is 0 Å². The molecule has 2 atom stereocenters. The molecule has 3 aromatic heterocycles. The molecule has 0 radical (unpaired) electrons. The van der Waals surface area contributed by atoms with Gasteiger partial charge in [0.2, 0.25) is 0 Å². The molecule has 3 N–H and O–H groups in total. The van der Waals surface area contributed by atoms with Crippen LogP contribution in [0, 0.1) is 5.92 Å². The summed E-state index contributed by atoms with van der Waals surface area (Å²) < 4.78 is 12.7. The Morgan fingerprint density at radius 3 is 2.92 bits per heavy atom. The van der Waals surface area contributed by atoms with E-state index < -0.39 is 0 Å². The van der Waals surface area contributed by atoms with E-state index in [2.05, 4.69) is 30.8 Å². The maximum Gasteiger partial charge on any atom is 0.320 e. The molecular weight excluding hydrogens is 335 g/mol. The number of halogens is 1. The van der Waals surface area contributed by atoms with E-state index in [1.165, 1.54) is 0 Å². The van der Waals surface area contributed by atoms with Gasteiger partial charge < -0.3 is 5.32 Å². The van der Waals surface area contributed by atoms with Gasteiger partial charge in [-0.05, 0) is 43.4 Å². The highest BCUT2D eigenvalue weighted by atomic mass is 19.1. The second kappa shape index (κ2) is 7.07. The molecule has 3 aromatic rings. The van der Waals surface area contributed by atoms with Crippen LogP contribution in [-0.4, -0.2) is 38.9 Å². The molecule has 26 heavy (non-hydrogen) atoms. The largest absolute Gasteiger partial charge is 0.335 e. The van der Waals surface area contributed by atoms with Gasteiger partial charge in [-0.1, -0.05) is 0 Å². The fourth-order valence-electron chi connectivity index (χ4n) is 3.33. The lowest BCUT2D eigenvalue weighted by molar-refractivity contribution is 0.248. The molecule has 0 aromatic carbocycles. The minimum Gasteiger partial charge on any atom is -0.335 e. The summed E-state index contributed by atoms with van der Waals surface area (Å²) in [6.45, 7) is -0.321. The van der Waals surface area contributed by atoms with Gasteiger partial charge in [0, 0.05) is 29.6 Å². The normalized spacial score (nSPS) is 19.6. The molecule has 7 nitrogen and oxygen atoms in total. The Bertz CT molecular complexity index is 913. The molecule has 8 heteroatoms. The second-order valence-corrected chi connectivity index (χ2v) is 6.57. The molecule has 0 saturated heterocycles. The lowest BCUT2D eigenvalue weighted by atomic mass is 10.1. The number of anilines is 1. The third-order valence-corrected chi connectivity index (χ3v) is 4.71. The molecule has 4 rings (SSSR count). The van der Waals surface area contributed by atoms with Gasteiger partial charge in [-0.2, -0.15) is 5.10 Å². The van der Waals surface area contributed by atoms with E-state index in [1.54, 1.807) is 24.7 Å². The van der Waals surface area contributed by atoms with Crippen LogP contribution in [0.1, 0.15) is 19.3 Å². The smallest absolute Gasteiger partial charge is 0.320 e. The number of pyridine rings is 2. The topological polar surface area (TPSA) is 95.6 Å². The van der Waals surface area contributed by atoms with E-state index in [0.717, 1.165) is 29.5 Å². The van der Waals surface area contributed by atoms with Crippen LogP contribution in [0.2, 0.25) is 0 Å². The van der Waals surface area contributed by atoms with Crippen LogP contribution in [0.5, 0.6) is 0 Å². The quantitative estimate of drug-likeness (QED) is 0.670. The standard InChI is InChI=1S/C18H19FN6O/c19-7-11-1-2-14(5-11)23-18(26)25-17-4-3-15-16(24-17)6-12(8-20-15)13-9-21-22-10-13/h3-4,6,8-11,14H,1-2,5,7H2,(H,21,22)(H2,23,24,25,26)/t11-,14+/m0/s1. The number of aromatic amines is 1. The number of H-pyrrole nitrogens is 1. The first-order valence-electron chi connectivity index (χ1n) is 8.60. The summed E-state index contributed by atoms with van der Waals surface area (Å²) in [5.74, 6) is 0.507. The maximum atomic E-state index is 12.7. The van der Waals surface area contributed by atoms with Crippen LogP contribution >= 0.6 is 0 Å². The highest BCUT2D eigenvalue weighted by Gasteiger charge is 2.25. The number of nitrogens with zero attached hydrogens (tertiary/aromatic N) is 3. The summed E-state index contributed by atoms with van der Waals surface area (Å²) in [7, 11) is 0. The number of carbonyl (C=O) groups is 1. The molecule has 1 saturated carbocycles. The van der Waals surface area contributed by atoms with Gasteiger partial charge in [0.1, 0.15) is 5.82 Å². The predicted octanol–water partition coefficient (Wildman–Crippen LogP) is 3.28. The SMILES string of the molecule is O=C(Nc1ccc2ncc(-c3cn[nH]c3)cc2n1)N[C@@H]1CC[C@H](CF)C1. The van der Waals surface area contributed by atoms with E-state index in [-0.39, 0.29) is 24.7 Å². The van der Waals surface area contributed by atoms with Gasteiger partial charge in [-0.15, -0.1) is 0 Å². The van der Waals surface area contributed by atoms with Crippen LogP contribution in [0.3, 0.4) is 0 Å². The average Bonchev–Trinajstić information content (AvgIpc) is 3.33. The van der Waals surface area contributed by atoms with E-state index in [9.17, 15) is 9.18 Å². The van der Waals surface area contributed by atoms with Gasteiger partial charge in [0.15, 0.2) is 0 Å². The molecule has 3 heterocycles. The molecule has 0 unspecified atom stereocenters. The molecule has 2 amide bonds. The van der Waals surface area contributed by atoms with Gasteiger partial charge in [0.05, 0.1) is 23.9 Å². The number of carbonyl (C=O) groups excluding carboxylic acids is 1. The molecule has 0 aliphatic heterocycles. The van der Waals surface area contributed by atoms with Crippen LogP contribution in [0.25, 0.3) is 22.2 Å². The molecule has 1 aliphatic carbocycles. The van der Waals surface area contributed by atoms with E-state index in [4.69, 9.17) is 0 Å². The zero-order chi connectivity index (χ0) is 17.9. The Morgan fingerprint density at radius 1 is 1.23 bits per heavy atom. The summed E-state index contributed by atoms with van der Waals surface area (Å²) >= 11 is 0. The summed E-state index contributed by atoms with van der Waals surface area (Å²) in [5.41, 5.74) is 3.23. The van der Waals surface area contributed by atoms with E-state index in [1.807, 2.05) is 12.1 Å². The van der Waals surface area contributed by atoms with E-state index in [0.29, 0.717) is 17.8 Å². The Labute approximate surface area is 149 Å². The fraction of sp³-hybridized carbons (Fsp3) is 0.333. The maximum absolute atomic E-state index is 12.7. The number of amides is 2. The summed E-state index contributed by atoms with van der Waals surface area (Å²) in [6.07, 6.45) is 7.57. The summed E-state index contributed by atoms with van der Waals surface area (Å²) in [4.78, 5) is 21.0. The van der Waals surface area contributed by atoms with Crippen molar-refractivity contribution >= 4 is 22.9 Å². The van der Waals surface area contributed by atoms with Crippen molar-refractivity contribution in [1.29, 1.82) is 0 Å². The van der Waals surface area contributed by atoms with Crippen molar-refractivity contribution in [3.8, 4) is 11.1 Å². The first kappa shape index (κ1) is 16.4. The molecule has 0 spiro atoms. The van der Waals surface area contributed by atoms with Gasteiger partial charge in [-0.25, -0.2) is 9.78 Å². The Balaban J connectivity index is 1.47. The number of rotatable bonds is 4. The molecule has 134 valence electrons. The molecule has 1 aliphatic rings. The number of fused-ring (bicyclic) bond motifs is 1. The molecule has 0 bridgehead atoms. The third-order valence-electron chi connectivity index (χ3n) is 4.71. The minimum absolute atomic E-state index is 0.0190. The number of alkyl halides is 1. The monoisotopic (exact) mass is 354 g/mol. The number of nitrogens with one attached hydrogen (secondary N) is 3. The predicted molar refractivity (Wildman–Crippen MR) is 96.4 cm³/mol. The van der Waals surface area contributed by atoms with Crippen molar-refractivity contribution in [2.24, 2.45) is 5.92 Å². The fourth-order valence-corrected chi connectivity index (χ4v) is 3.33. The Morgan fingerprint density at radius 2 is 2.15 bits per heavy atom.